The summed E-state index contributed by atoms with van der Waals surface area (Å²) in [7, 11) is -14.3. The average molecular weight is 1470 g/mol. The molecule has 32 unspecified atom stereocenters. The van der Waals surface area contributed by atoms with Crippen LogP contribution >= 0.6 is 186 Å². The van der Waals surface area contributed by atoms with Gasteiger partial charge in [0, 0.05) is 80.4 Å². The summed E-state index contributed by atoms with van der Waals surface area (Å²) in [5.74, 6) is -3.94. The van der Waals surface area contributed by atoms with E-state index in [9.17, 15) is 38.9 Å². The van der Waals surface area contributed by atoms with Gasteiger partial charge in [0.25, 0.3) is 0 Å². The SMILES string of the molecule is O=S(=O)(O)OCCSC1C(Cl)C(Cl)C(Cl)C2C3NC(NC4NC(NC5NC(NC6NC(N3)C3C(SCCOS(=O)(=O)O)C(Cl)C(Cl)C(Cl)C63)C3C(SCCOS(=O)(=O)O)C(Cl)C(Cl)C(Cl)C53)C3C(Cl)C(Cl)C(Cl)C(Cl)C43)C12. The Balaban J connectivity index is 1.15. The van der Waals surface area contributed by atoms with E-state index in [1.54, 1.807) is 0 Å². The van der Waals surface area contributed by atoms with Gasteiger partial charge in [-0.15, -0.1) is 151 Å². The van der Waals surface area contributed by atoms with Crippen molar-refractivity contribution in [1.82, 2.24) is 42.5 Å². The van der Waals surface area contributed by atoms with Crippen molar-refractivity contribution in [3.8, 4) is 0 Å². The maximum atomic E-state index is 11.6. The quantitative estimate of drug-likeness (QED) is 0.0627. The molecule has 5 aliphatic heterocycles. The van der Waals surface area contributed by atoms with E-state index in [0.717, 1.165) is 0 Å². The Hall–Kier alpha value is 4.11. The van der Waals surface area contributed by atoms with E-state index in [0.29, 0.717) is 0 Å². The number of hydrogen-bond donors (Lipinski definition) is 11. The zero-order chi connectivity index (χ0) is 56.1. The van der Waals surface area contributed by atoms with E-state index in [1.807, 2.05) is 0 Å². The van der Waals surface area contributed by atoms with Crippen molar-refractivity contribution in [1.29, 1.82) is 0 Å². The van der Waals surface area contributed by atoms with Crippen molar-refractivity contribution in [2.24, 2.45) is 47.3 Å². The highest BCUT2D eigenvalue weighted by molar-refractivity contribution is 8.00. The van der Waals surface area contributed by atoms with Crippen molar-refractivity contribution in [3.05, 3.63) is 0 Å². The number of nitrogens with one attached hydrogen (secondary N) is 8. The zero-order valence-corrected chi connectivity index (χ0v) is 53.8. The van der Waals surface area contributed by atoms with Crippen molar-refractivity contribution in [2.75, 3.05) is 37.1 Å². The van der Waals surface area contributed by atoms with E-state index in [-0.39, 0.29) is 30.5 Å². The molecule has 9 fully saturated rings. The summed E-state index contributed by atoms with van der Waals surface area (Å²) in [4.78, 5) is 0. The van der Waals surface area contributed by atoms with Gasteiger partial charge in [0.1, 0.15) is 0 Å². The first kappa shape index (κ1) is 65.6. The maximum absolute atomic E-state index is 11.6. The second-order valence-corrected chi connectivity index (χ2v) is 34.0. The smallest absolute Gasteiger partial charge is 0.286 e. The Morgan fingerprint density at radius 3 is 0.649 bits per heavy atom. The first-order valence-electron chi connectivity index (χ1n) is 24.1. The van der Waals surface area contributed by atoms with E-state index < -0.39 is 220 Å². The molecule has 446 valence electrons. The molecule has 0 radical (unpaired) electrons. The Morgan fingerprint density at radius 1 is 0.286 bits per heavy atom. The van der Waals surface area contributed by atoms with Gasteiger partial charge in [-0.25, -0.2) is 12.5 Å². The number of halogens is 13. The van der Waals surface area contributed by atoms with Crippen LogP contribution < -0.4 is 42.5 Å². The van der Waals surface area contributed by atoms with Crippen LogP contribution in [0, 0.1) is 47.3 Å². The summed E-state index contributed by atoms with van der Waals surface area (Å²) < 4.78 is 112. The molecule has 5 heterocycles. The third-order valence-corrected chi connectivity index (χ3v) is 30.6. The number of rotatable bonds is 15. The van der Waals surface area contributed by atoms with Crippen LogP contribution in [0.5, 0.6) is 0 Å². The molecule has 8 bridgehead atoms. The summed E-state index contributed by atoms with van der Waals surface area (Å²) in [6, 6.07) is 0. The number of thioether (sulfide) groups is 3. The molecule has 0 amide bonds. The van der Waals surface area contributed by atoms with Crippen LogP contribution in [0.2, 0.25) is 0 Å². The molecule has 0 aromatic rings. The van der Waals surface area contributed by atoms with Crippen LogP contribution in [0.3, 0.4) is 0 Å². The van der Waals surface area contributed by atoms with Crippen molar-refractivity contribution in [2.45, 2.75) is 135 Å². The monoisotopic (exact) mass is 1460 g/mol. The molecule has 9 rings (SSSR count). The van der Waals surface area contributed by atoms with Gasteiger partial charge in [-0.05, 0) is 0 Å². The van der Waals surface area contributed by atoms with Gasteiger partial charge in [0.05, 0.1) is 139 Å². The lowest BCUT2D eigenvalue weighted by molar-refractivity contribution is 0.183. The summed E-state index contributed by atoms with van der Waals surface area (Å²) in [6.45, 7) is -1.16. The molecule has 39 heteroatoms. The fourth-order valence-corrected chi connectivity index (χ4v) is 24.9. The average Bonchev–Trinajstić information content (AvgIpc) is 4.18. The summed E-state index contributed by atoms with van der Waals surface area (Å²) >= 11 is 98.4. The lowest BCUT2D eigenvalue weighted by Gasteiger charge is -2.48. The van der Waals surface area contributed by atoms with Gasteiger partial charge < -0.3 is 0 Å². The first-order chi connectivity index (χ1) is 36.0. The molecule has 4 aliphatic carbocycles. The molecule has 11 N–H and O–H groups in total. The highest BCUT2D eigenvalue weighted by Gasteiger charge is 2.66. The lowest BCUT2D eigenvalue weighted by Crippen LogP contribution is -2.62. The minimum absolute atomic E-state index is 0.0526. The Morgan fingerprint density at radius 2 is 0.455 bits per heavy atom. The molecule has 0 aromatic heterocycles. The van der Waals surface area contributed by atoms with Gasteiger partial charge in [0.15, 0.2) is 0 Å². The third-order valence-electron chi connectivity index (χ3n) is 16.3. The second-order valence-electron chi connectivity index (χ2n) is 20.3. The highest BCUT2D eigenvalue weighted by atomic mass is 35.5. The number of hydrogen-bond acceptors (Lipinski definition) is 20. The molecule has 9 aliphatic rings. The molecular formula is C38H55Cl13N8O12S6. The molecule has 0 aromatic carbocycles. The summed E-state index contributed by atoms with van der Waals surface area (Å²) in [6.07, 6.45) is -5.47. The maximum Gasteiger partial charge on any atom is 0.397 e. The minimum atomic E-state index is -4.78. The Bertz CT molecular complexity index is 2390. The molecule has 77 heavy (non-hydrogen) atoms. The third kappa shape index (κ3) is 13.8. The highest BCUT2D eigenvalue weighted by Crippen LogP contribution is 2.55. The van der Waals surface area contributed by atoms with E-state index in [4.69, 9.17) is 163 Å². The van der Waals surface area contributed by atoms with Crippen LogP contribution in [0.15, 0.2) is 0 Å². The van der Waals surface area contributed by atoms with E-state index >= 15 is 0 Å². The van der Waals surface area contributed by atoms with Crippen molar-refractivity contribution >= 4 is 217 Å². The lowest BCUT2D eigenvalue weighted by atomic mass is 9.75. The summed E-state index contributed by atoms with van der Waals surface area (Å²) in [5, 5.41) is 18.3. The largest absolute Gasteiger partial charge is 0.397 e. The Kier molecular flexibility index (Phi) is 22.4. The standard InChI is InChI=1S/C38H55Cl13N8O12S6/c39-15-7-8(16(40)21(45)20(15)44)32-52-31(7)53-33-9-12(28(25(49)22(46)17(9)41)72-4-1-69-75(60,61)62)37(55-33)57-35-11-14(30(27(51)24(48)19(11)43)74-6-3-71-77(66,67)68)38(59-35)58-34-10-13(36(54-32)56-34)29(26(50)23(47)18(10)42)73-5-2-70-76(63,64)65/h7-38,52-59H,1-6H2,(H,60,61,62)(H,63,64,65)(H,66,67,68). The van der Waals surface area contributed by atoms with Gasteiger partial charge >= 0.3 is 31.2 Å². The number of alkyl halides is 13. The van der Waals surface area contributed by atoms with Gasteiger partial charge in [-0.1, -0.05) is 0 Å². The number of fused-ring (bicyclic) bond motifs is 20. The molecular weight excluding hydrogens is 1410 g/mol. The second kappa shape index (κ2) is 26.3. The predicted molar refractivity (Wildman–Crippen MR) is 310 cm³/mol. The van der Waals surface area contributed by atoms with Crippen molar-refractivity contribution < 1.29 is 51.5 Å². The molecule has 20 nitrogen and oxygen atoms in total. The van der Waals surface area contributed by atoms with E-state index in [1.165, 1.54) is 35.3 Å². The van der Waals surface area contributed by atoms with Crippen molar-refractivity contribution in [3.63, 3.8) is 0 Å². The minimum Gasteiger partial charge on any atom is -0.286 e. The molecule has 32 atom stereocenters. The van der Waals surface area contributed by atoms with Crippen LogP contribution in [0.1, 0.15) is 0 Å². The molecule has 5 saturated heterocycles. The Labute approximate surface area is 525 Å². The fourth-order valence-electron chi connectivity index (χ4n) is 13.4. The van der Waals surface area contributed by atoms with Crippen LogP contribution in [-0.4, -0.2) is 211 Å². The summed E-state index contributed by atoms with van der Waals surface area (Å²) in [5.41, 5.74) is 0. The fraction of sp³-hybridized carbons (Fsp3) is 1.00. The first-order valence-corrected chi connectivity index (χ1v) is 37.0. The molecule has 0 spiro atoms. The normalized spacial score (nSPS) is 51.9. The van der Waals surface area contributed by atoms with E-state index in [2.05, 4.69) is 42.5 Å². The van der Waals surface area contributed by atoms with Gasteiger partial charge in [-0.2, -0.15) is 60.5 Å². The molecule has 4 saturated carbocycles. The van der Waals surface area contributed by atoms with Crippen LogP contribution in [0.25, 0.3) is 0 Å². The van der Waals surface area contributed by atoms with Gasteiger partial charge in [0.2, 0.25) is 0 Å². The zero-order valence-electron chi connectivity index (χ0n) is 39.1. The predicted octanol–water partition coefficient (Wildman–Crippen LogP) is 4.02. The topological polar surface area (TPSA) is 287 Å². The van der Waals surface area contributed by atoms with Gasteiger partial charge in [-0.3, -0.25) is 56.2 Å². The van der Waals surface area contributed by atoms with Crippen LogP contribution in [-0.2, 0) is 43.7 Å². The van der Waals surface area contributed by atoms with Crippen LogP contribution in [0.4, 0.5) is 0 Å².